The Morgan fingerprint density at radius 2 is 2.10 bits per heavy atom. The van der Waals surface area contributed by atoms with E-state index in [0.29, 0.717) is 6.42 Å². The number of primary amides is 1. The van der Waals surface area contributed by atoms with Crippen molar-refractivity contribution >= 4 is 22.9 Å². The topological polar surface area (TPSA) is 123 Å². The van der Waals surface area contributed by atoms with Gasteiger partial charge in [-0.2, -0.15) is 0 Å². The van der Waals surface area contributed by atoms with Gasteiger partial charge in [-0.1, -0.05) is 18.2 Å². The van der Waals surface area contributed by atoms with E-state index in [4.69, 9.17) is 11.5 Å². The van der Waals surface area contributed by atoms with Gasteiger partial charge in [-0.05, 0) is 18.1 Å². The summed E-state index contributed by atoms with van der Waals surface area (Å²) < 4.78 is 4.51. The molecule has 2 aromatic rings. The van der Waals surface area contributed by atoms with Crippen molar-refractivity contribution < 1.29 is 14.3 Å². The fraction of sp³-hybridized carbons (Fsp3) is 0.286. The maximum Gasteiger partial charge on any atom is 0.404 e. The monoisotopic (exact) mass is 290 g/mol. The number of aromatic nitrogens is 1. The number of amides is 2. The highest BCUT2D eigenvalue weighted by Crippen LogP contribution is 2.18. The number of nitrogens with one attached hydrogen (secondary N) is 2. The molecule has 0 saturated heterocycles. The zero-order chi connectivity index (χ0) is 15.2. The second-order valence-corrected chi connectivity index (χ2v) is 4.63. The number of para-hydroxylation sites is 1. The first kappa shape index (κ1) is 14.9. The molecule has 1 atom stereocenters. The Labute approximate surface area is 121 Å². The third-order valence-corrected chi connectivity index (χ3v) is 3.10. The first-order chi connectivity index (χ1) is 10.1. The molecule has 1 aromatic carbocycles. The molecule has 7 heteroatoms. The lowest BCUT2D eigenvalue weighted by Gasteiger charge is -2.11. The molecule has 0 fully saturated rings. The predicted octanol–water partition coefficient (Wildman–Crippen LogP) is 0.249. The third kappa shape index (κ3) is 3.96. The van der Waals surface area contributed by atoms with Crippen molar-refractivity contribution in [2.75, 3.05) is 13.2 Å². The first-order valence-electron chi connectivity index (χ1n) is 6.58. The van der Waals surface area contributed by atoms with Gasteiger partial charge in [-0.3, -0.25) is 4.79 Å². The molecule has 0 bridgehead atoms. The molecule has 6 N–H and O–H groups in total. The van der Waals surface area contributed by atoms with Gasteiger partial charge in [-0.15, -0.1) is 0 Å². The first-order valence-corrected chi connectivity index (χ1v) is 6.58. The predicted molar refractivity (Wildman–Crippen MR) is 78.5 cm³/mol. The second kappa shape index (κ2) is 6.76. The maximum absolute atomic E-state index is 11.8. The Morgan fingerprint density at radius 1 is 1.33 bits per heavy atom. The summed E-state index contributed by atoms with van der Waals surface area (Å²) in [4.78, 5) is 25.3. The van der Waals surface area contributed by atoms with Crippen LogP contribution in [0.2, 0.25) is 0 Å². The largest absolute Gasteiger partial charge is 0.448 e. The average molecular weight is 290 g/mol. The van der Waals surface area contributed by atoms with Crippen molar-refractivity contribution in [2.24, 2.45) is 11.5 Å². The van der Waals surface area contributed by atoms with Crippen LogP contribution in [0.3, 0.4) is 0 Å². The van der Waals surface area contributed by atoms with E-state index >= 15 is 0 Å². The quantitative estimate of drug-likeness (QED) is 0.569. The van der Waals surface area contributed by atoms with E-state index in [0.717, 1.165) is 16.5 Å². The number of hydrogen-bond donors (Lipinski definition) is 4. The normalized spacial score (nSPS) is 12.0. The number of benzene rings is 1. The Kier molecular flexibility index (Phi) is 4.78. The summed E-state index contributed by atoms with van der Waals surface area (Å²) in [7, 11) is 0. The number of fused-ring (bicyclic) bond motifs is 1. The SMILES string of the molecule is NC(=O)OCCNC(=O)[C@H](N)Cc1c[nH]c2ccccc12. The lowest BCUT2D eigenvalue weighted by atomic mass is 10.1. The van der Waals surface area contributed by atoms with Crippen LogP contribution >= 0.6 is 0 Å². The van der Waals surface area contributed by atoms with Gasteiger partial charge in [0.05, 0.1) is 12.6 Å². The molecule has 0 aliphatic heterocycles. The standard InChI is InChI=1S/C14H18N4O3/c15-11(13(19)17-5-6-21-14(16)20)7-9-8-18-12-4-2-1-3-10(9)12/h1-4,8,11,18H,5-7,15H2,(H2,16,20)(H,17,19)/t11-/m1/s1. The highest BCUT2D eigenvalue weighted by molar-refractivity contribution is 5.86. The molecular formula is C14H18N4O3. The summed E-state index contributed by atoms with van der Waals surface area (Å²) in [6.45, 7) is 0.213. The lowest BCUT2D eigenvalue weighted by molar-refractivity contribution is -0.122. The summed E-state index contributed by atoms with van der Waals surface area (Å²) >= 11 is 0. The van der Waals surface area contributed by atoms with Crippen LogP contribution in [0.5, 0.6) is 0 Å². The van der Waals surface area contributed by atoms with Gasteiger partial charge in [0.2, 0.25) is 5.91 Å². The van der Waals surface area contributed by atoms with Gasteiger partial charge in [0.1, 0.15) is 6.61 Å². The van der Waals surface area contributed by atoms with Gasteiger partial charge in [0, 0.05) is 17.1 Å². The molecule has 0 unspecified atom stereocenters. The summed E-state index contributed by atoms with van der Waals surface area (Å²) in [5.41, 5.74) is 12.7. The minimum atomic E-state index is -0.868. The molecule has 2 amide bonds. The van der Waals surface area contributed by atoms with E-state index in [1.807, 2.05) is 30.5 Å². The third-order valence-electron chi connectivity index (χ3n) is 3.10. The van der Waals surface area contributed by atoms with Crippen LogP contribution in [0, 0.1) is 0 Å². The van der Waals surface area contributed by atoms with E-state index in [1.54, 1.807) is 0 Å². The Hall–Kier alpha value is -2.54. The van der Waals surface area contributed by atoms with Gasteiger partial charge in [-0.25, -0.2) is 4.79 Å². The highest BCUT2D eigenvalue weighted by atomic mass is 16.5. The van der Waals surface area contributed by atoms with Crippen LogP contribution in [0.15, 0.2) is 30.5 Å². The average Bonchev–Trinajstić information content (AvgIpc) is 2.86. The van der Waals surface area contributed by atoms with Crippen molar-refractivity contribution in [1.29, 1.82) is 0 Å². The van der Waals surface area contributed by atoms with Crippen molar-refractivity contribution in [3.8, 4) is 0 Å². The van der Waals surface area contributed by atoms with Crippen LogP contribution in [0.4, 0.5) is 4.79 Å². The van der Waals surface area contributed by atoms with Crippen molar-refractivity contribution in [2.45, 2.75) is 12.5 Å². The summed E-state index contributed by atoms with van der Waals surface area (Å²) in [5, 5.41) is 3.64. The molecule has 0 spiro atoms. The van der Waals surface area contributed by atoms with Crippen molar-refractivity contribution in [3.05, 3.63) is 36.0 Å². The molecule has 0 aliphatic carbocycles. The van der Waals surface area contributed by atoms with Gasteiger partial charge < -0.3 is 26.5 Å². The van der Waals surface area contributed by atoms with Crippen LogP contribution in [-0.2, 0) is 16.0 Å². The molecule has 0 saturated carbocycles. The number of ether oxygens (including phenoxy) is 1. The Balaban J connectivity index is 1.87. The Bertz CT molecular complexity index is 638. The number of rotatable bonds is 6. The second-order valence-electron chi connectivity index (χ2n) is 4.63. The van der Waals surface area contributed by atoms with Crippen molar-refractivity contribution in [1.82, 2.24) is 10.3 Å². The number of H-pyrrole nitrogens is 1. The summed E-state index contributed by atoms with van der Waals surface area (Å²) in [6.07, 6.45) is 1.41. The zero-order valence-electron chi connectivity index (χ0n) is 11.5. The van der Waals surface area contributed by atoms with E-state index < -0.39 is 12.1 Å². The molecule has 112 valence electrons. The van der Waals surface area contributed by atoms with Crippen molar-refractivity contribution in [3.63, 3.8) is 0 Å². The summed E-state index contributed by atoms with van der Waals surface area (Å²) in [5.74, 6) is -0.298. The molecule has 2 rings (SSSR count). The molecule has 1 heterocycles. The number of hydrogen-bond acceptors (Lipinski definition) is 4. The summed E-state index contributed by atoms with van der Waals surface area (Å²) in [6, 6.07) is 7.15. The Morgan fingerprint density at radius 3 is 2.86 bits per heavy atom. The van der Waals surface area contributed by atoms with Gasteiger partial charge in [0.15, 0.2) is 0 Å². The lowest BCUT2D eigenvalue weighted by Crippen LogP contribution is -2.43. The van der Waals surface area contributed by atoms with Crippen LogP contribution in [0.25, 0.3) is 10.9 Å². The molecular weight excluding hydrogens is 272 g/mol. The van der Waals surface area contributed by atoms with E-state index in [1.165, 1.54) is 0 Å². The highest BCUT2D eigenvalue weighted by Gasteiger charge is 2.15. The molecule has 21 heavy (non-hydrogen) atoms. The molecule has 1 aromatic heterocycles. The zero-order valence-corrected chi connectivity index (χ0v) is 11.5. The van der Waals surface area contributed by atoms with E-state index in [9.17, 15) is 9.59 Å². The van der Waals surface area contributed by atoms with Crippen LogP contribution in [0.1, 0.15) is 5.56 Å². The molecule has 0 radical (unpaired) electrons. The van der Waals surface area contributed by atoms with E-state index in [-0.39, 0.29) is 19.1 Å². The maximum atomic E-state index is 11.8. The number of aromatic amines is 1. The van der Waals surface area contributed by atoms with Crippen LogP contribution < -0.4 is 16.8 Å². The van der Waals surface area contributed by atoms with Gasteiger partial charge >= 0.3 is 6.09 Å². The van der Waals surface area contributed by atoms with Gasteiger partial charge in [0.25, 0.3) is 0 Å². The number of carbonyl (C=O) groups excluding carboxylic acids is 2. The van der Waals surface area contributed by atoms with E-state index in [2.05, 4.69) is 15.0 Å². The minimum absolute atomic E-state index is 0.0286. The number of nitrogens with two attached hydrogens (primary N) is 2. The van der Waals surface area contributed by atoms with Crippen LogP contribution in [-0.4, -0.2) is 36.2 Å². The minimum Gasteiger partial charge on any atom is -0.448 e. The smallest absolute Gasteiger partial charge is 0.404 e. The molecule has 7 nitrogen and oxygen atoms in total. The molecule has 0 aliphatic rings. The fourth-order valence-electron chi connectivity index (χ4n) is 2.09. The number of carbonyl (C=O) groups is 2. The fourth-order valence-corrected chi connectivity index (χ4v) is 2.09.